The fraction of sp³-hybridized carbons (Fsp3) is 0.0909. The Balaban J connectivity index is 2.25. The molecule has 15 heavy (non-hydrogen) atoms. The molecule has 2 rings (SSSR count). The van der Waals surface area contributed by atoms with E-state index in [1.807, 2.05) is 12.1 Å². The van der Waals surface area contributed by atoms with E-state index < -0.39 is 0 Å². The van der Waals surface area contributed by atoms with Crippen LogP contribution in [0.4, 0.5) is 4.39 Å². The minimum atomic E-state index is -0.255. The molecule has 0 aliphatic carbocycles. The van der Waals surface area contributed by atoms with Crippen LogP contribution in [-0.2, 0) is 6.54 Å². The van der Waals surface area contributed by atoms with E-state index in [-0.39, 0.29) is 5.82 Å². The van der Waals surface area contributed by atoms with Crippen LogP contribution in [0.5, 0.6) is 0 Å². The summed E-state index contributed by atoms with van der Waals surface area (Å²) in [4.78, 5) is 0. The highest BCUT2D eigenvalue weighted by molar-refractivity contribution is 5.57. The van der Waals surface area contributed by atoms with Crippen molar-refractivity contribution in [2.45, 2.75) is 6.54 Å². The maximum absolute atomic E-state index is 12.7. The van der Waals surface area contributed by atoms with Gasteiger partial charge in [0.15, 0.2) is 0 Å². The Bertz CT molecular complexity index is 436. The van der Waals surface area contributed by atoms with Gasteiger partial charge in [0.1, 0.15) is 17.3 Å². The normalized spacial score (nSPS) is 10.5. The molecule has 1 aromatic heterocycles. The average molecular weight is 206 g/mol. The van der Waals surface area contributed by atoms with Gasteiger partial charge < -0.3 is 4.42 Å². The highest BCUT2D eigenvalue weighted by Crippen LogP contribution is 2.22. The molecule has 3 N–H and O–H groups in total. The molecule has 1 heterocycles. The number of halogens is 1. The first-order valence-corrected chi connectivity index (χ1v) is 4.58. The zero-order valence-electron chi connectivity index (χ0n) is 8.03. The Labute approximate surface area is 86.7 Å². The van der Waals surface area contributed by atoms with Gasteiger partial charge in [-0.3, -0.25) is 11.3 Å². The van der Waals surface area contributed by atoms with Crippen LogP contribution in [0.3, 0.4) is 0 Å². The van der Waals surface area contributed by atoms with Crippen molar-refractivity contribution in [3.8, 4) is 11.3 Å². The van der Waals surface area contributed by atoms with Crippen molar-refractivity contribution in [3.05, 3.63) is 48.0 Å². The van der Waals surface area contributed by atoms with E-state index in [0.717, 1.165) is 11.3 Å². The Kier molecular flexibility index (Phi) is 2.80. The number of furan rings is 1. The summed E-state index contributed by atoms with van der Waals surface area (Å²) in [6.07, 6.45) is 0. The lowest BCUT2D eigenvalue weighted by atomic mass is 10.2. The number of hydrogen-bond acceptors (Lipinski definition) is 3. The molecule has 0 aliphatic rings. The van der Waals surface area contributed by atoms with Crippen LogP contribution in [0.15, 0.2) is 40.8 Å². The molecule has 0 spiro atoms. The van der Waals surface area contributed by atoms with Crippen LogP contribution in [0.25, 0.3) is 11.3 Å². The van der Waals surface area contributed by atoms with Gasteiger partial charge in [-0.15, -0.1) is 0 Å². The van der Waals surface area contributed by atoms with Gasteiger partial charge in [-0.2, -0.15) is 0 Å². The predicted molar refractivity (Wildman–Crippen MR) is 55.1 cm³/mol. The fourth-order valence-corrected chi connectivity index (χ4v) is 1.34. The number of nitrogens with one attached hydrogen (secondary N) is 1. The van der Waals surface area contributed by atoms with Gasteiger partial charge >= 0.3 is 0 Å². The molecule has 0 radical (unpaired) electrons. The van der Waals surface area contributed by atoms with Gasteiger partial charge in [0, 0.05) is 5.56 Å². The standard InChI is InChI=1S/C11H11FN2O/c12-9-3-1-8(2-4-9)11-6-5-10(15-11)7-14-13/h1-6,14H,7,13H2. The molecule has 78 valence electrons. The summed E-state index contributed by atoms with van der Waals surface area (Å²) < 4.78 is 18.2. The Hall–Kier alpha value is -1.65. The highest BCUT2D eigenvalue weighted by Gasteiger charge is 2.03. The first kappa shape index (κ1) is 9.89. The van der Waals surface area contributed by atoms with E-state index in [9.17, 15) is 4.39 Å². The van der Waals surface area contributed by atoms with E-state index in [1.54, 1.807) is 12.1 Å². The third kappa shape index (κ3) is 2.23. The molecule has 0 unspecified atom stereocenters. The molecular formula is C11H11FN2O. The van der Waals surface area contributed by atoms with Gasteiger partial charge in [-0.25, -0.2) is 4.39 Å². The van der Waals surface area contributed by atoms with Gasteiger partial charge in [0.05, 0.1) is 6.54 Å². The minimum Gasteiger partial charge on any atom is -0.460 e. The minimum absolute atomic E-state index is 0.255. The SMILES string of the molecule is NNCc1ccc(-c2ccc(F)cc2)o1. The zero-order valence-corrected chi connectivity index (χ0v) is 8.03. The molecule has 0 amide bonds. The first-order chi connectivity index (χ1) is 7.29. The van der Waals surface area contributed by atoms with E-state index in [1.165, 1.54) is 12.1 Å². The second-order valence-electron chi connectivity index (χ2n) is 3.15. The molecule has 0 saturated heterocycles. The van der Waals surface area contributed by atoms with Crippen LogP contribution in [0.2, 0.25) is 0 Å². The van der Waals surface area contributed by atoms with Crippen molar-refractivity contribution >= 4 is 0 Å². The molecule has 0 atom stereocenters. The number of nitrogens with two attached hydrogens (primary N) is 1. The molecule has 1 aromatic carbocycles. The second kappa shape index (κ2) is 4.25. The Morgan fingerprint density at radius 1 is 1.13 bits per heavy atom. The number of hydrazine groups is 1. The van der Waals surface area contributed by atoms with Gasteiger partial charge in [-0.1, -0.05) is 0 Å². The van der Waals surface area contributed by atoms with E-state index in [0.29, 0.717) is 12.3 Å². The van der Waals surface area contributed by atoms with Crippen molar-refractivity contribution < 1.29 is 8.81 Å². The van der Waals surface area contributed by atoms with Crippen LogP contribution in [0, 0.1) is 5.82 Å². The molecule has 4 heteroatoms. The number of hydrogen-bond donors (Lipinski definition) is 2. The maximum Gasteiger partial charge on any atom is 0.134 e. The predicted octanol–water partition coefficient (Wildman–Crippen LogP) is 2.05. The lowest BCUT2D eigenvalue weighted by Crippen LogP contribution is -2.20. The van der Waals surface area contributed by atoms with Crippen molar-refractivity contribution in [1.29, 1.82) is 0 Å². The summed E-state index contributed by atoms with van der Waals surface area (Å²) in [6, 6.07) is 9.82. The third-order valence-corrected chi connectivity index (χ3v) is 2.07. The molecule has 0 aliphatic heterocycles. The molecular weight excluding hydrogens is 195 g/mol. The van der Waals surface area contributed by atoms with E-state index >= 15 is 0 Å². The zero-order chi connectivity index (χ0) is 10.7. The van der Waals surface area contributed by atoms with E-state index in [4.69, 9.17) is 10.3 Å². The van der Waals surface area contributed by atoms with Crippen LogP contribution < -0.4 is 11.3 Å². The van der Waals surface area contributed by atoms with Crippen LogP contribution in [-0.4, -0.2) is 0 Å². The summed E-state index contributed by atoms with van der Waals surface area (Å²) in [5.41, 5.74) is 3.35. The van der Waals surface area contributed by atoms with Gasteiger partial charge in [0.25, 0.3) is 0 Å². The van der Waals surface area contributed by atoms with Crippen molar-refractivity contribution in [1.82, 2.24) is 5.43 Å². The second-order valence-corrected chi connectivity index (χ2v) is 3.15. The first-order valence-electron chi connectivity index (χ1n) is 4.58. The summed E-state index contributed by atoms with van der Waals surface area (Å²) in [5.74, 6) is 6.37. The summed E-state index contributed by atoms with van der Waals surface area (Å²) in [7, 11) is 0. The highest BCUT2D eigenvalue weighted by atomic mass is 19.1. The number of benzene rings is 1. The van der Waals surface area contributed by atoms with E-state index in [2.05, 4.69) is 5.43 Å². The molecule has 3 nitrogen and oxygen atoms in total. The van der Waals surface area contributed by atoms with Crippen molar-refractivity contribution in [3.63, 3.8) is 0 Å². The third-order valence-electron chi connectivity index (χ3n) is 2.07. The quantitative estimate of drug-likeness (QED) is 0.597. The molecule has 0 saturated carbocycles. The summed E-state index contributed by atoms with van der Waals surface area (Å²) >= 11 is 0. The monoisotopic (exact) mass is 206 g/mol. The van der Waals surface area contributed by atoms with Crippen molar-refractivity contribution in [2.24, 2.45) is 5.84 Å². The molecule has 0 fully saturated rings. The summed E-state index contributed by atoms with van der Waals surface area (Å²) in [5, 5.41) is 0. The topological polar surface area (TPSA) is 51.2 Å². The Morgan fingerprint density at radius 2 is 1.87 bits per heavy atom. The smallest absolute Gasteiger partial charge is 0.134 e. The summed E-state index contributed by atoms with van der Waals surface area (Å²) in [6.45, 7) is 0.473. The number of rotatable bonds is 3. The van der Waals surface area contributed by atoms with Crippen LogP contribution >= 0.6 is 0 Å². The average Bonchev–Trinajstić information content (AvgIpc) is 2.68. The molecule has 0 bridgehead atoms. The maximum atomic E-state index is 12.7. The largest absolute Gasteiger partial charge is 0.460 e. The van der Waals surface area contributed by atoms with Crippen molar-refractivity contribution in [2.75, 3.05) is 0 Å². The fourth-order valence-electron chi connectivity index (χ4n) is 1.34. The van der Waals surface area contributed by atoms with Gasteiger partial charge in [0.2, 0.25) is 0 Å². The Morgan fingerprint density at radius 3 is 2.53 bits per heavy atom. The lowest BCUT2D eigenvalue weighted by molar-refractivity contribution is 0.498. The van der Waals surface area contributed by atoms with Gasteiger partial charge in [-0.05, 0) is 36.4 Å². The lowest BCUT2D eigenvalue weighted by Gasteiger charge is -1.97. The molecule has 2 aromatic rings. The van der Waals surface area contributed by atoms with Crippen LogP contribution in [0.1, 0.15) is 5.76 Å².